The van der Waals surface area contributed by atoms with Gasteiger partial charge in [-0.1, -0.05) is 0 Å². The quantitative estimate of drug-likeness (QED) is 0.926. The van der Waals surface area contributed by atoms with Crippen LogP contribution in [-0.2, 0) is 11.3 Å². The number of halogens is 3. The summed E-state index contributed by atoms with van der Waals surface area (Å²) < 4.78 is 48.4. The van der Waals surface area contributed by atoms with Crippen LogP contribution in [0.15, 0.2) is 30.6 Å². The maximum atomic E-state index is 12.4. The Labute approximate surface area is 136 Å². The fourth-order valence-corrected chi connectivity index (χ4v) is 2.75. The lowest BCUT2D eigenvalue weighted by Gasteiger charge is -2.22. The van der Waals surface area contributed by atoms with E-state index in [0.29, 0.717) is 29.9 Å². The Morgan fingerprint density at radius 3 is 2.62 bits per heavy atom. The lowest BCUT2D eigenvalue weighted by atomic mass is 10.1. The van der Waals surface area contributed by atoms with Crippen molar-refractivity contribution in [3.05, 3.63) is 36.2 Å². The van der Waals surface area contributed by atoms with E-state index in [1.807, 2.05) is 4.68 Å². The summed E-state index contributed by atoms with van der Waals surface area (Å²) in [4.78, 5) is 0. The summed E-state index contributed by atoms with van der Waals surface area (Å²) in [7, 11) is 0. The number of ether oxygens (including phenoxy) is 2. The molecule has 0 unspecified atom stereocenters. The Balaban J connectivity index is 1.88. The second-order valence-electron chi connectivity index (χ2n) is 5.62. The molecule has 130 valence electrons. The van der Waals surface area contributed by atoms with Crippen molar-refractivity contribution in [1.82, 2.24) is 9.78 Å². The van der Waals surface area contributed by atoms with Crippen molar-refractivity contribution in [3.63, 3.8) is 0 Å². The summed E-state index contributed by atoms with van der Waals surface area (Å²) in [5.74, 6) is -0.358. The van der Waals surface area contributed by atoms with Crippen LogP contribution < -0.4 is 4.74 Å². The largest absolute Gasteiger partial charge is 0.573 e. The van der Waals surface area contributed by atoms with Crippen molar-refractivity contribution in [2.75, 3.05) is 13.2 Å². The predicted octanol–water partition coefficient (Wildman–Crippen LogP) is 3.29. The second kappa shape index (κ2) is 6.82. The van der Waals surface area contributed by atoms with E-state index >= 15 is 0 Å². The summed E-state index contributed by atoms with van der Waals surface area (Å²) in [6.07, 6.45) is 0.311. The predicted molar refractivity (Wildman–Crippen MR) is 79.4 cm³/mol. The highest BCUT2D eigenvalue weighted by molar-refractivity contribution is 5.64. The second-order valence-corrected chi connectivity index (χ2v) is 5.62. The molecule has 8 heteroatoms. The van der Waals surface area contributed by atoms with Crippen LogP contribution in [0.2, 0.25) is 0 Å². The van der Waals surface area contributed by atoms with E-state index in [0.717, 1.165) is 12.8 Å². The van der Waals surface area contributed by atoms with Crippen molar-refractivity contribution in [2.24, 2.45) is 0 Å². The molecule has 0 saturated carbocycles. The Kier molecular flexibility index (Phi) is 4.77. The lowest BCUT2D eigenvalue weighted by Crippen LogP contribution is -2.19. The Morgan fingerprint density at radius 2 is 1.96 bits per heavy atom. The molecular weight excluding hydrogens is 325 g/mol. The number of hydrogen-bond acceptors (Lipinski definition) is 4. The summed E-state index contributed by atoms with van der Waals surface area (Å²) >= 11 is 0. The van der Waals surface area contributed by atoms with Gasteiger partial charge in [-0.2, -0.15) is 5.10 Å². The van der Waals surface area contributed by atoms with Gasteiger partial charge in [0.1, 0.15) is 5.75 Å². The van der Waals surface area contributed by atoms with Crippen LogP contribution in [-0.4, -0.2) is 34.5 Å². The van der Waals surface area contributed by atoms with Gasteiger partial charge in [0.05, 0.1) is 18.8 Å². The van der Waals surface area contributed by atoms with E-state index in [4.69, 9.17) is 4.74 Å². The number of alkyl halides is 3. The normalized spacial score (nSPS) is 16.3. The average molecular weight is 342 g/mol. The van der Waals surface area contributed by atoms with E-state index in [9.17, 15) is 18.3 Å². The number of aliphatic hydroxyl groups is 1. The van der Waals surface area contributed by atoms with E-state index in [2.05, 4.69) is 9.84 Å². The number of hydrogen-bond donors (Lipinski definition) is 1. The van der Waals surface area contributed by atoms with Crippen molar-refractivity contribution in [1.29, 1.82) is 0 Å². The Bertz CT molecular complexity index is 694. The molecule has 0 atom stereocenters. The topological polar surface area (TPSA) is 56.5 Å². The van der Waals surface area contributed by atoms with Crippen LogP contribution in [0.5, 0.6) is 5.75 Å². The van der Waals surface area contributed by atoms with Crippen molar-refractivity contribution >= 4 is 0 Å². The highest BCUT2D eigenvalue weighted by Gasteiger charge is 2.31. The number of rotatable bonds is 4. The molecule has 1 saturated heterocycles. The third-order valence-electron chi connectivity index (χ3n) is 3.88. The van der Waals surface area contributed by atoms with Gasteiger partial charge in [0.15, 0.2) is 0 Å². The number of aliphatic hydroxyl groups excluding tert-OH is 1. The summed E-state index contributed by atoms with van der Waals surface area (Å²) in [6, 6.07) is 4.30. The summed E-state index contributed by atoms with van der Waals surface area (Å²) in [5, 5.41) is 13.6. The number of aromatic nitrogens is 2. The zero-order valence-electron chi connectivity index (χ0n) is 12.8. The highest BCUT2D eigenvalue weighted by Crippen LogP contribution is 2.31. The van der Waals surface area contributed by atoms with Crippen LogP contribution in [0, 0.1) is 0 Å². The first kappa shape index (κ1) is 16.8. The fraction of sp³-hybridized carbons (Fsp3) is 0.438. The molecule has 1 N–H and O–H groups in total. The number of benzene rings is 1. The van der Waals surface area contributed by atoms with Gasteiger partial charge in [-0.15, -0.1) is 13.2 Å². The molecule has 2 heterocycles. The average Bonchev–Trinajstić information content (AvgIpc) is 3.04. The molecule has 0 spiro atoms. The van der Waals surface area contributed by atoms with Gasteiger partial charge in [-0.25, -0.2) is 0 Å². The van der Waals surface area contributed by atoms with Crippen LogP contribution in [0.1, 0.15) is 24.4 Å². The first-order valence-corrected chi connectivity index (χ1v) is 7.57. The van der Waals surface area contributed by atoms with Crippen molar-refractivity contribution < 1.29 is 27.8 Å². The highest BCUT2D eigenvalue weighted by atomic mass is 19.4. The lowest BCUT2D eigenvalue weighted by molar-refractivity contribution is -0.274. The van der Waals surface area contributed by atoms with E-state index in [-0.39, 0.29) is 18.4 Å². The van der Waals surface area contributed by atoms with E-state index in [1.54, 1.807) is 18.5 Å². The maximum absolute atomic E-state index is 12.4. The summed E-state index contributed by atoms with van der Waals surface area (Å²) in [5.41, 5.74) is 1.52. The molecule has 24 heavy (non-hydrogen) atoms. The zero-order valence-corrected chi connectivity index (χ0v) is 12.8. The van der Waals surface area contributed by atoms with Crippen molar-refractivity contribution in [3.8, 4) is 16.9 Å². The monoisotopic (exact) mass is 342 g/mol. The van der Waals surface area contributed by atoms with Crippen LogP contribution >= 0.6 is 0 Å². The van der Waals surface area contributed by atoms with Gasteiger partial charge in [0, 0.05) is 25.0 Å². The SMILES string of the molecule is OCc1cc(OC(F)(F)F)cc(-c2cnn(C3CCOCC3)c2)c1. The third kappa shape index (κ3) is 4.07. The fourth-order valence-electron chi connectivity index (χ4n) is 2.75. The summed E-state index contributed by atoms with van der Waals surface area (Å²) in [6.45, 7) is 0.961. The van der Waals surface area contributed by atoms with Gasteiger partial charge in [-0.3, -0.25) is 4.68 Å². The first-order chi connectivity index (χ1) is 11.4. The van der Waals surface area contributed by atoms with Gasteiger partial charge in [-0.05, 0) is 42.2 Å². The van der Waals surface area contributed by atoms with Crippen molar-refractivity contribution in [2.45, 2.75) is 31.9 Å². The van der Waals surface area contributed by atoms with Crippen LogP contribution in [0.25, 0.3) is 11.1 Å². The molecule has 0 radical (unpaired) electrons. The molecule has 1 aliphatic rings. The van der Waals surface area contributed by atoms with Gasteiger partial charge in [0.25, 0.3) is 0 Å². The molecule has 0 bridgehead atoms. The molecule has 0 aliphatic carbocycles. The molecule has 5 nitrogen and oxygen atoms in total. The smallest absolute Gasteiger partial charge is 0.406 e. The molecular formula is C16H17F3N2O3. The minimum atomic E-state index is -4.78. The molecule has 1 aromatic heterocycles. The van der Waals surface area contributed by atoms with Crippen LogP contribution in [0.4, 0.5) is 13.2 Å². The maximum Gasteiger partial charge on any atom is 0.573 e. The molecule has 2 aromatic rings. The van der Waals surface area contributed by atoms with Crippen LogP contribution in [0.3, 0.4) is 0 Å². The molecule has 1 fully saturated rings. The standard InChI is InChI=1S/C16H17F3N2O3/c17-16(18,19)24-15-6-11(10-22)5-12(7-15)13-8-20-21(9-13)14-1-3-23-4-2-14/h5-9,14,22H,1-4,10H2. The van der Waals surface area contributed by atoms with E-state index in [1.165, 1.54) is 12.1 Å². The van der Waals surface area contributed by atoms with Gasteiger partial charge in [0.2, 0.25) is 0 Å². The minimum absolute atomic E-state index is 0.222. The zero-order chi connectivity index (χ0) is 17.2. The number of nitrogens with zero attached hydrogens (tertiary/aromatic N) is 2. The van der Waals surface area contributed by atoms with E-state index < -0.39 is 6.36 Å². The molecule has 0 amide bonds. The molecule has 1 aromatic carbocycles. The van der Waals surface area contributed by atoms with Gasteiger partial charge < -0.3 is 14.6 Å². The Hall–Kier alpha value is -2.06. The minimum Gasteiger partial charge on any atom is -0.406 e. The molecule has 3 rings (SSSR count). The third-order valence-corrected chi connectivity index (χ3v) is 3.88. The molecule has 1 aliphatic heterocycles. The first-order valence-electron chi connectivity index (χ1n) is 7.57. The Morgan fingerprint density at radius 1 is 1.21 bits per heavy atom. The van der Waals surface area contributed by atoms with Gasteiger partial charge >= 0.3 is 6.36 Å².